The van der Waals surface area contributed by atoms with Gasteiger partial charge in [-0.2, -0.15) is 0 Å². The number of rotatable bonds is 3. The van der Waals surface area contributed by atoms with Crippen molar-refractivity contribution in [3.05, 3.63) is 30.3 Å². The fraction of sp³-hybridized carbons (Fsp3) is 0.647. The molecule has 1 aromatic rings. The van der Waals surface area contributed by atoms with E-state index in [2.05, 4.69) is 17.0 Å². The molecule has 2 aliphatic heterocycles. The van der Waals surface area contributed by atoms with Crippen LogP contribution in [0.1, 0.15) is 19.8 Å². The zero-order valence-electron chi connectivity index (χ0n) is 13.8. The monoisotopic (exact) mass is 338 g/mol. The Hall–Kier alpha value is -1.11. The molecule has 5 nitrogen and oxygen atoms in total. The Bertz CT molecular complexity index is 620. The van der Waals surface area contributed by atoms with E-state index in [0.717, 1.165) is 25.9 Å². The third-order valence-corrected chi connectivity index (χ3v) is 6.77. The van der Waals surface area contributed by atoms with Crippen molar-refractivity contribution in [2.75, 3.05) is 50.0 Å². The van der Waals surface area contributed by atoms with Crippen molar-refractivity contribution >= 4 is 15.7 Å². The van der Waals surface area contributed by atoms with Gasteiger partial charge in [-0.15, -0.1) is 0 Å². The molecule has 2 aliphatic rings. The molecule has 0 radical (unpaired) electrons. The Balaban J connectivity index is 1.82. The first-order valence-corrected chi connectivity index (χ1v) is 10.0. The van der Waals surface area contributed by atoms with Crippen molar-refractivity contribution in [2.45, 2.75) is 19.8 Å². The first kappa shape index (κ1) is 16.7. The number of para-hydroxylation sites is 1. The van der Waals surface area contributed by atoms with Gasteiger partial charge in [-0.05, 0) is 31.9 Å². The predicted octanol–water partition coefficient (Wildman–Crippen LogP) is 1.96. The highest BCUT2D eigenvalue weighted by atomic mass is 32.2. The van der Waals surface area contributed by atoms with Crippen molar-refractivity contribution < 1.29 is 13.2 Å². The van der Waals surface area contributed by atoms with Gasteiger partial charge in [-0.3, -0.25) is 0 Å². The zero-order chi connectivity index (χ0) is 16.3. The van der Waals surface area contributed by atoms with E-state index >= 15 is 0 Å². The number of ether oxygens (including phenoxy) is 1. The number of hydrogen-bond acceptors (Lipinski definition) is 4. The minimum atomic E-state index is -3.13. The maximum atomic E-state index is 12.3. The minimum absolute atomic E-state index is 0.104. The van der Waals surface area contributed by atoms with E-state index in [4.69, 9.17) is 4.74 Å². The van der Waals surface area contributed by atoms with Crippen LogP contribution in [-0.4, -0.2) is 57.9 Å². The number of anilines is 1. The molecule has 2 fully saturated rings. The second-order valence-electron chi connectivity index (χ2n) is 6.65. The fourth-order valence-corrected chi connectivity index (χ4v) is 4.92. The normalized spacial score (nSPS) is 27.1. The highest BCUT2D eigenvalue weighted by Gasteiger charge is 2.41. The van der Waals surface area contributed by atoms with Crippen molar-refractivity contribution in [1.29, 1.82) is 0 Å². The van der Waals surface area contributed by atoms with Crippen LogP contribution in [0.25, 0.3) is 0 Å². The summed E-state index contributed by atoms with van der Waals surface area (Å²) in [7, 11) is -3.13. The number of hydrogen-bond donors (Lipinski definition) is 0. The van der Waals surface area contributed by atoms with Crippen LogP contribution >= 0.6 is 0 Å². The van der Waals surface area contributed by atoms with Gasteiger partial charge in [0.15, 0.2) is 0 Å². The summed E-state index contributed by atoms with van der Waals surface area (Å²) in [4.78, 5) is 2.34. The summed E-state index contributed by atoms with van der Waals surface area (Å²) in [6.45, 7) is 5.98. The number of piperidine rings is 1. The molecule has 1 atom stereocenters. The molecule has 0 aliphatic carbocycles. The topological polar surface area (TPSA) is 49.9 Å². The molecule has 2 heterocycles. The molecule has 0 aromatic heterocycles. The molecule has 1 aromatic carbocycles. The largest absolute Gasteiger partial charge is 0.379 e. The Labute approximate surface area is 139 Å². The molecule has 0 N–H and O–H groups in total. The second kappa shape index (κ2) is 6.79. The molecule has 23 heavy (non-hydrogen) atoms. The van der Waals surface area contributed by atoms with E-state index < -0.39 is 10.0 Å². The molecule has 0 amide bonds. The zero-order valence-corrected chi connectivity index (χ0v) is 14.6. The Morgan fingerprint density at radius 1 is 1.17 bits per heavy atom. The summed E-state index contributed by atoms with van der Waals surface area (Å²) in [5.74, 6) is 0.173. The lowest BCUT2D eigenvalue weighted by Crippen LogP contribution is -2.52. The van der Waals surface area contributed by atoms with Crippen LogP contribution in [0.2, 0.25) is 0 Å². The Morgan fingerprint density at radius 2 is 1.96 bits per heavy atom. The SMILES string of the molecule is CCS(=O)(=O)N1CCC[C@]2(COCCN(c3ccccc3)C2)C1. The molecule has 128 valence electrons. The highest BCUT2D eigenvalue weighted by molar-refractivity contribution is 7.89. The number of sulfonamides is 1. The number of nitrogens with zero attached hydrogens (tertiary/aromatic N) is 2. The summed E-state index contributed by atoms with van der Waals surface area (Å²) in [6, 6.07) is 10.3. The quantitative estimate of drug-likeness (QED) is 0.845. The van der Waals surface area contributed by atoms with E-state index in [1.807, 2.05) is 18.2 Å². The van der Waals surface area contributed by atoms with E-state index in [1.54, 1.807) is 11.2 Å². The molecule has 1 spiro atoms. The maximum absolute atomic E-state index is 12.3. The average molecular weight is 338 g/mol. The van der Waals surface area contributed by atoms with Crippen LogP contribution in [0.4, 0.5) is 5.69 Å². The van der Waals surface area contributed by atoms with Gasteiger partial charge in [0, 0.05) is 37.3 Å². The lowest BCUT2D eigenvalue weighted by Gasteiger charge is -2.43. The van der Waals surface area contributed by atoms with Crippen LogP contribution in [0.5, 0.6) is 0 Å². The summed E-state index contributed by atoms with van der Waals surface area (Å²) in [6.07, 6.45) is 1.93. The molecule has 0 saturated carbocycles. The highest BCUT2D eigenvalue weighted by Crippen LogP contribution is 2.35. The lowest BCUT2D eigenvalue weighted by atomic mass is 9.81. The first-order valence-electron chi connectivity index (χ1n) is 8.40. The van der Waals surface area contributed by atoms with Gasteiger partial charge in [-0.1, -0.05) is 18.2 Å². The standard InChI is InChI=1S/C17H26N2O3S/c1-2-23(20,21)19-10-6-9-17(14-19)13-18(11-12-22-15-17)16-7-4-3-5-8-16/h3-5,7-8H,2,6,9-15H2,1H3/t17-/m1/s1. The summed E-state index contributed by atoms with van der Waals surface area (Å²) < 4.78 is 32.1. The average Bonchev–Trinajstić information content (AvgIpc) is 2.78. The Morgan fingerprint density at radius 3 is 2.70 bits per heavy atom. The van der Waals surface area contributed by atoms with Gasteiger partial charge < -0.3 is 9.64 Å². The van der Waals surface area contributed by atoms with Gasteiger partial charge in [0.1, 0.15) is 0 Å². The molecule has 3 rings (SSSR count). The minimum Gasteiger partial charge on any atom is -0.379 e. The van der Waals surface area contributed by atoms with Crippen LogP contribution < -0.4 is 4.90 Å². The molecule has 2 saturated heterocycles. The molecule has 6 heteroatoms. The van der Waals surface area contributed by atoms with Crippen molar-refractivity contribution in [3.63, 3.8) is 0 Å². The molecular weight excluding hydrogens is 312 g/mol. The van der Waals surface area contributed by atoms with Gasteiger partial charge in [0.05, 0.1) is 19.0 Å². The van der Waals surface area contributed by atoms with Crippen LogP contribution in [-0.2, 0) is 14.8 Å². The summed E-state index contributed by atoms with van der Waals surface area (Å²) in [5, 5.41) is 0. The lowest BCUT2D eigenvalue weighted by molar-refractivity contribution is 0.0351. The van der Waals surface area contributed by atoms with Gasteiger partial charge in [0.2, 0.25) is 10.0 Å². The summed E-state index contributed by atoms with van der Waals surface area (Å²) in [5.41, 5.74) is 1.08. The van der Waals surface area contributed by atoms with Crippen LogP contribution in [0.15, 0.2) is 30.3 Å². The smallest absolute Gasteiger partial charge is 0.213 e. The van der Waals surface area contributed by atoms with Crippen molar-refractivity contribution in [1.82, 2.24) is 4.31 Å². The van der Waals surface area contributed by atoms with Gasteiger partial charge >= 0.3 is 0 Å². The van der Waals surface area contributed by atoms with E-state index in [9.17, 15) is 8.42 Å². The van der Waals surface area contributed by atoms with Crippen molar-refractivity contribution in [2.24, 2.45) is 5.41 Å². The van der Waals surface area contributed by atoms with Gasteiger partial charge in [0.25, 0.3) is 0 Å². The van der Waals surface area contributed by atoms with Crippen molar-refractivity contribution in [3.8, 4) is 0 Å². The predicted molar refractivity (Wildman–Crippen MR) is 92.2 cm³/mol. The number of benzene rings is 1. The second-order valence-corrected chi connectivity index (χ2v) is 8.90. The molecule has 0 bridgehead atoms. The van der Waals surface area contributed by atoms with Crippen LogP contribution in [0, 0.1) is 5.41 Å². The van der Waals surface area contributed by atoms with E-state index in [1.165, 1.54) is 5.69 Å². The molecular formula is C17H26N2O3S. The Kier molecular flexibility index (Phi) is 4.94. The van der Waals surface area contributed by atoms with Crippen LogP contribution in [0.3, 0.4) is 0 Å². The maximum Gasteiger partial charge on any atom is 0.213 e. The third kappa shape index (κ3) is 3.70. The third-order valence-electron chi connectivity index (χ3n) is 4.95. The first-order chi connectivity index (χ1) is 11.0. The van der Waals surface area contributed by atoms with E-state index in [0.29, 0.717) is 26.3 Å². The van der Waals surface area contributed by atoms with E-state index in [-0.39, 0.29) is 11.2 Å². The fourth-order valence-electron chi connectivity index (χ4n) is 3.68. The molecule has 0 unspecified atom stereocenters. The van der Waals surface area contributed by atoms with Gasteiger partial charge in [-0.25, -0.2) is 12.7 Å². The summed E-state index contributed by atoms with van der Waals surface area (Å²) >= 11 is 0.